The second-order valence-corrected chi connectivity index (χ2v) is 14.5. The molecule has 4 heteroatoms. The van der Waals surface area contributed by atoms with E-state index < -0.39 is 20.0 Å². The zero-order valence-electron chi connectivity index (χ0n) is 19.7. The van der Waals surface area contributed by atoms with Gasteiger partial charge in [-0.2, -0.15) is 0 Å². The standard InChI is InChI=1S/C27H38O3Si/c1-7-22(3)25(28)27(20-29-27)18-21(2)19-30-31(26(4,5)6,23-14-10-8-11-15-23)24-16-12-9-13-17-24/h7-17,21-22,25,28H,1,18-20H2,2-6H3/t21-,22+,25-,27+/m1/s1. The van der Waals surface area contributed by atoms with Crippen LogP contribution in [0.1, 0.15) is 41.0 Å². The van der Waals surface area contributed by atoms with E-state index in [2.05, 4.69) is 94.9 Å². The summed E-state index contributed by atoms with van der Waals surface area (Å²) in [7, 11) is -2.54. The van der Waals surface area contributed by atoms with Crippen LogP contribution in [0.3, 0.4) is 0 Å². The minimum Gasteiger partial charge on any atom is -0.407 e. The summed E-state index contributed by atoms with van der Waals surface area (Å²) in [6.07, 6.45) is 2.06. The molecular weight excluding hydrogens is 400 g/mol. The quantitative estimate of drug-likeness (QED) is 0.336. The zero-order chi connectivity index (χ0) is 22.7. The van der Waals surface area contributed by atoms with Crippen molar-refractivity contribution in [3.05, 3.63) is 73.3 Å². The third-order valence-corrected chi connectivity index (χ3v) is 11.6. The van der Waals surface area contributed by atoms with Gasteiger partial charge >= 0.3 is 0 Å². The van der Waals surface area contributed by atoms with Crippen LogP contribution >= 0.6 is 0 Å². The van der Waals surface area contributed by atoms with Crippen LogP contribution in [0.25, 0.3) is 0 Å². The van der Waals surface area contributed by atoms with E-state index in [-0.39, 0.29) is 16.9 Å². The first-order valence-electron chi connectivity index (χ1n) is 11.4. The second-order valence-electron chi connectivity index (χ2n) is 10.2. The fraction of sp³-hybridized carbons (Fsp3) is 0.481. The fourth-order valence-electron chi connectivity index (χ4n) is 4.79. The van der Waals surface area contributed by atoms with Gasteiger partial charge in [0.1, 0.15) is 5.60 Å². The van der Waals surface area contributed by atoms with Crippen LogP contribution in [0.15, 0.2) is 73.3 Å². The van der Waals surface area contributed by atoms with Crippen LogP contribution in [0.2, 0.25) is 5.04 Å². The summed E-state index contributed by atoms with van der Waals surface area (Å²) in [5.74, 6) is 0.267. The van der Waals surface area contributed by atoms with Crippen LogP contribution in [0.5, 0.6) is 0 Å². The molecule has 0 amide bonds. The van der Waals surface area contributed by atoms with Crippen molar-refractivity contribution < 1.29 is 14.3 Å². The molecule has 1 aliphatic rings. The Bertz CT molecular complexity index is 800. The molecule has 0 bridgehead atoms. The van der Waals surface area contributed by atoms with Crippen LogP contribution < -0.4 is 10.4 Å². The largest absolute Gasteiger partial charge is 0.407 e. The number of aliphatic hydroxyl groups is 1. The first-order chi connectivity index (χ1) is 14.7. The smallest absolute Gasteiger partial charge is 0.261 e. The highest BCUT2D eigenvalue weighted by Gasteiger charge is 2.54. The molecule has 3 nitrogen and oxygen atoms in total. The van der Waals surface area contributed by atoms with Gasteiger partial charge in [0.2, 0.25) is 0 Å². The Balaban J connectivity index is 1.87. The molecule has 0 unspecified atom stereocenters. The van der Waals surface area contributed by atoms with Crippen molar-refractivity contribution in [1.82, 2.24) is 0 Å². The average Bonchev–Trinajstić information content (AvgIpc) is 3.54. The lowest BCUT2D eigenvalue weighted by Gasteiger charge is -2.43. The van der Waals surface area contributed by atoms with E-state index in [9.17, 15) is 5.11 Å². The highest BCUT2D eigenvalue weighted by molar-refractivity contribution is 6.99. The highest BCUT2D eigenvalue weighted by atomic mass is 28.4. The summed E-state index contributed by atoms with van der Waals surface area (Å²) in [4.78, 5) is 0. The number of ether oxygens (including phenoxy) is 1. The molecule has 0 radical (unpaired) electrons. The molecule has 1 aliphatic heterocycles. The van der Waals surface area contributed by atoms with Crippen molar-refractivity contribution in [3.8, 4) is 0 Å². The first kappa shape index (κ1) is 23.9. The number of epoxide rings is 1. The van der Waals surface area contributed by atoms with Crippen molar-refractivity contribution in [2.45, 2.75) is 57.8 Å². The van der Waals surface area contributed by atoms with Crippen LogP contribution in [-0.2, 0) is 9.16 Å². The van der Waals surface area contributed by atoms with Crippen LogP contribution in [0, 0.1) is 11.8 Å². The molecule has 168 valence electrons. The van der Waals surface area contributed by atoms with E-state index in [1.54, 1.807) is 6.08 Å². The van der Waals surface area contributed by atoms with E-state index >= 15 is 0 Å². The zero-order valence-corrected chi connectivity index (χ0v) is 20.7. The number of aliphatic hydroxyl groups excluding tert-OH is 1. The number of rotatable bonds is 10. The normalized spacial score (nSPS) is 21.9. The fourth-order valence-corrected chi connectivity index (χ4v) is 9.48. The Labute approximate surface area is 189 Å². The Morgan fingerprint density at radius 3 is 1.94 bits per heavy atom. The molecule has 3 rings (SSSR count). The molecule has 1 heterocycles. The van der Waals surface area contributed by atoms with Crippen LogP contribution in [0.4, 0.5) is 0 Å². The van der Waals surface area contributed by atoms with Gasteiger partial charge in [-0.1, -0.05) is 101 Å². The summed E-state index contributed by atoms with van der Waals surface area (Å²) in [6.45, 7) is 16.2. The van der Waals surface area contributed by atoms with E-state index in [0.717, 1.165) is 6.42 Å². The molecule has 4 atom stereocenters. The number of hydrogen-bond donors (Lipinski definition) is 1. The lowest BCUT2D eigenvalue weighted by Crippen LogP contribution is -2.66. The average molecular weight is 439 g/mol. The molecule has 2 aromatic rings. The SMILES string of the molecule is C=C[C@H](C)[C@@H](O)[C@]1(C[C@@H](C)CO[Si](c2ccccc2)(c2ccccc2)C(C)(C)C)CO1. The highest BCUT2D eigenvalue weighted by Crippen LogP contribution is 2.42. The van der Waals surface area contributed by atoms with Gasteiger partial charge in [0.25, 0.3) is 8.32 Å². The summed E-state index contributed by atoms with van der Waals surface area (Å²) < 4.78 is 12.8. The second kappa shape index (κ2) is 9.41. The number of benzene rings is 2. The van der Waals surface area contributed by atoms with Gasteiger partial charge in [-0.3, -0.25) is 0 Å². The van der Waals surface area contributed by atoms with Crippen molar-refractivity contribution in [2.24, 2.45) is 11.8 Å². The van der Waals surface area contributed by atoms with Gasteiger partial charge in [0.05, 0.1) is 12.7 Å². The summed E-state index contributed by atoms with van der Waals surface area (Å²) in [5, 5.41) is 13.3. The molecule has 1 N–H and O–H groups in total. The van der Waals surface area contributed by atoms with Gasteiger partial charge < -0.3 is 14.3 Å². The van der Waals surface area contributed by atoms with E-state index in [1.165, 1.54) is 10.4 Å². The van der Waals surface area contributed by atoms with Gasteiger partial charge in [0.15, 0.2) is 0 Å². The predicted molar refractivity (Wildman–Crippen MR) is 131 cm³/mol. The lowest BCUT2D eigenvalue weighted by atomic mass is 9.86. The third-order valence-electron chi connectivity index (χ3n) is 6.62. The van der Waals surface area contributed by atoms with Crippen molar-refractivity contribution >= 4 is 18.7 Å². The Kier molecular flexibility index (Phi) is 7.27. The maximum absolute atomic E-state index is 10.7. The maximum atomic E-state index is 10.7. The van der Waals surface area contributed by atoms with Gasteiger partial charge in [-0.05, 0) is 27.8 Å². The molecular formula is C27H38O3Si. The Morgan fingerprint density at radius 1 is 1.06 bits per heavy atom. The van der Waals surface area contributed by atoms with Crippen molar-refractivity contribution in [1.29, 1.82) is 0 Å². The van der Waals surface area contributed by atoms with Crippen LogP contribution in [-0.4, -0.2) is 38.3 Å². The van der Waals surface area contributed by atoms with Crippen molar-refractivity contribution in [3.63, 3.8) is 0 Å². The summed E-state index contributed by atoms with van der Waals surface area (Å²) in [6, 6.07) is 21.4. The Morgan fingerprint density at radius 2 is 1.55 bits per heavy atom. The van der Waals surface area contributed by atoms with Gasteiger partial charge in [-0.25, -0.2) is 0 Å². The topological polar surface area (TPSA) is 42.0 Å². The predicted octanol–water partition coefficient (Wildman–Crippen LogP) is 4.54. The number of hydrogen-bond acceptors (Lipinski definition) is 3. The first-order valence-corrected chi connectivity index (χ1v) is 13.3. The summed E-state index contributed by atoms with van der Waals surface area (Å²) >= 11 is 0. The lowest BCUT2D eigenvalue weighted by molar-refractivity contribution is 0.0308. The van der Waals surface area contributed by atoms with Gasteiger partial charge in [0, 0.05) is 12.5 Å². The molecule has 0 saturated carbocycles. The monoisotopic (exact) mass is 438 g/mol. The maximum Gasteiger partial charge on any atom is 0.261 e. The van der Waals surface area contributed by atoms with Gasteiger partial charge in [-0.15, -0.1) is 6.58 Å². The molecule has 31 heavy (non-hydrogen) atoms. The minimum atomic E-state index is -2.54. The molecule has 1 saturated heterocycles. The minimum absolute atomic E-state index is 0.00676. The third kappa shape index (κ3) is 4.88. The van der Waals surface area contributed by atoms with E-state index in [0.29, 0.717) is 13.2 Å². The summed E-state index contributed by atoms with van der Waals surface area (Å²) in [5.41, 5.74) is -0.457. The van der Waals surface area contributed by atoms with E-state index in [4.69, 9.17) is 9.16 Å². The molecule has 2 aromatic carbocycles. The van der Waals surface area contributed by atoms with Crippen molar-refractivity contribution in [2.75, 3.05) is 13.2 Å². The molecule has 0 spiro atoms. The molecule has 1 fully saturated rings. The Hall–Kier alpha value is -1.72. The molecule has 0 aliphatic carbocycles. The molecule has 0 aromatic heterocycles. The van der Waals surface area contributed by atoms with E-state index in [1.807, 2.05) is 6.92 Å².